The number of furan rings is 1. The normalized spacial score (nSPS) is 11.8. The molecule has 47 heavy (non-hydrogen) atoms. The van der Waals surface area contributed by atoms with Crippen LogP contribution in [0, 0.1) is 0 Å². The lowest BCUT2D eigenvalue weighted by Crippen LogP contribution is -2.01. The Kier molecular flexibility index (Phi) is 5.54. The van der Waals surface area contributed by atoms with Gasteiger partial charge in [0.2, 0.25) is 0 Å². The molecule has 4 heteroatoms. The molecular weight excluding hydrogens is 574 g/mol. The largest absolute Gasteiger partial charge is 0.456 e. The van der Waals surface area contributed by atoms with E-state index < -0.39 is 0 Å². The summed E-state index contributed by atoms with van der Waals surface area (Å²) in [5, 5.41) is 4.48. The van der Waals surface area contributed by atoms with Crippen molar-refractivity contribution in [1.82, 2.24) is 15.0 Å². The average molecular weight is 600 g/mol. The van der Waals surface area contributed by atoms with Gasteiger partial charge in [-0.2, -0.15) is 0 Å². The second-order valence-corrected chi connectivity index (χ2v) is 12.0. The van der Waals surface area contributed by atoms with Gasteiger partial charge in [0, 0.05) is 27.5 Å². The van der Waals surface area contributed by atoms with Gasteiger partial charge in [-0.15, -0.1) is 0 Å². The van der Waals surface area contributed by atoms with E-state index in [0.29, 0.717) is 17.5 Å². The minimum Gasteiger partial charge on any atom is -0.456 e. The summed E-state index contributed by atoms with van der Waals surface area (Å²) in [4.78, 5) is 15.7. The molecule has 0 atom stereocenters. The summed E-state index contributed by atoms with van der Waals surface area (Å²) in [5.41, 5.74) is 11.6. The molecule has 2 aromatic heterocycles. The highest BCUT2D eigenvalue weighted by molar-refractivity contribution is 6.16. The summed E-state index contributed by atoms with van der Waals surface area (Å²) in [6, 6.07) is 52.6. The van der Waals surface area contributed by atoms with Gasteiger partial charge in [-0.25, -0.2) is 15.0 Å². The number of hydrogen-bond donors (Lipinski definition) is 0. The second-order valence-electron chi connectivity index (χ2n) is 12.0. The molecule has 1 aliphatic rings. The molecular formula is C43H25N3O. The van der Waals surface area contributed by atoms with E-state index in [-0.39, 0.29) is 0 Å². The number of hydrogen-bond acceptors (Lipinski definition) is 4. The Morgan fingerprint density at radius 2 is 0.936 bits per heavy atom. The molecule has 7 aromatic carbocycles. The maximum atomic E-state index is 6.27. The standard InChI is InChI=1S/C43H25N3O/c1-2-12-26(13-3-1)29-15-4-7-18-33(29)42-44-41(28-24-27-14-10-20-32-30-16-5-6-17-31(30)36(25-28)39(27)32)45-43(46-42)35-21-11-23-38-40(35)34-19-8-9-22-37(34)47-38/h1-25H. The highest BCUT2D eigenvalue weighted by Crippen LogP contribution is 2.48. The van der Waals surface area contributed by atoms with Gasteiger partial charge in [-0.05, 0) is 68.4 Å². The van der Waals surface area contributed by atoms with Gasteiger partial charge in [0.05, 0.1) is 0 Å². The van der Waals surface area contributed by atoms with E-state index >= 15 is 0 Å². The van der Waals surface area contributed by atoms with Crippen molar-refractivity contribution < 1.29 is 4.42 Å². The van der Waals surface area contributed by atoms with Crippen molar-refractivity contribution in [2.45, 2.75) is 0 Å². The quantitative estimate of drug-likeness (QED) is 0.202. The van der Waals surface area contributed by atoms with E-state index in [2.05, 4.69) is 109 Å². The number of nitrogens with zero attached hydrogens (tertiary/aromatic N) is 3. The Bertz CT molecular complexity index is 2690. The predicted molar refractivity (Wildman–Crippen MR) is 191 cm³/mol. The third-order valence-corrected chi connectivity index (χ3v) is 9.27. The van der Waals surface area contributed by atoms with Crippen molar-refractivity contribution >= 4 is 32.7 Å². The molecule has 0 fully saturated rings. The van der Waals surface area contributed by atoms with E-state index in [0.717, 1.165) is 49.8 Å². The highest BCUT2D eigenvalue weighted by Gasteiger charge is 2.24. The Morgan fingerprint density at radius 1 is 0.340 bits per heavy atom. The van der Waals surface area contributed by atoms with E-state index in [9.17, 15) is 0 Å². The molecule has 0 aliphatic heterocycles. The third-order valence-electron chi connectivity index (χ3n) is 9.27. The van der Waals surface area contributed by atoms with Crippen LogP contribution in [0.25, 0.3) is 100 Å². The van der Waals surface area contributed by atoms with E-state index in [1.165, 1.54) is 33.0 Å². The van der Waals surface area contributed by atoms with Crippen LogP contribution in [-0.4, -0.2) is 15.0 Å². The molecule has 218 valence electrons. The molecule has 0 saturated heterocycles. The van der Waals surface area contributed by atoms with Gasteiger partial charge in [0.25, 0.3) is 0 Å². The SMILES string of the molecule is c1ccc(-c2ccccc2-c2nc(-c3cc4c5c(cccc5c3)-c3ccccc3-4)nc(-c3cccc4oc5ccccc5c34)n2)cc1. The molecule has 10 rings (SSSR count). The van der Waals surface area contributed by atoms with E-state index in [1.54, 1.807) is 0 Å². The summed E-state index contributed by atoms with van der Waals surface area (Å²) in [6.07, 6.45) is 0. The van der Waals surface area contributed by atoms with Crippen LogP contribution in [0.5, 0.6) is 0 Å². The predicted octanol–water partition coefficient (Wildman–Crippen LogP) is 11.2. The Balaban J connectivity index is 1.27. The molecule has 0 unspecified atom stereocenters. The summed E-state index contributed by atoms with van der Waals surface area (Å²) in [6.45, 7) is 0. The zero-order chi connectivity index (χ0) is 30.9. The van der Waals surface area contributed by atoms with Crippen molar-refractivity contribution in [3.8, 4) is 67.5 Å². The number of benzene rings is 7. The fraction of sp³-hybridized carbons (Fsp3) is 0. The van der Waals surface area contributed by atoms with Crippen molar-refractivity contribution in [2.75, 3.05) is 0 Å². The monoisotopic (exact) mass is 599 g/mol. The van der Waals surface area contributed by atoms with Crippen molar-refractivity contribution in [3.05, 3.63) is 152 Å². The minimum absolute atomic E-state index is 0.607. The first kappa shape index (κ1) is 25.9. The first-order valence-corrected chi connectivity index (χ1v) is 15.8. The molecule has 4 nitrogen and oxygen atoms in total. The lowest BCUT2D eigenvalue weighted by Gasteiger charge is -2.13. The second kappa shape index (κ2) is 10.1. The zero-order valence-electron chi connectivity index (χ0n) is 25.2. The minimum atomic E-state index is 0.607. The van der Waals surface area contributed by atoms with Crippen molar-refractivity contribution in [1.29, 1.82) is 0 Å². The molecule has 0 radical (unpaired) electrons. The maximum Gasteiger partial charge on any atom is 0.164 e. The molecule has 0 amide bonds. The Labute approximate surface area is 270 Å². The molecule has 0 N–H and O–H groups in total. The van der Waals surface area contributed by atoms with Crippen LogP contribution in [0.4, 0.5) is 0 Å². The average Bonchev–Trinajstić information content (AvgIpc) is 3.69. The van der Waals surface area contributed by atoms with Gasteiger partial charge in [0.1, 0.15) is 11.2 Å². The van der Waals surface area contributed by atoms with Crippen molar-refractivity contribution in [2.24, 2.45) is 0 Å². The fourth-order valence-electron chi connectivity index (χ4n) is 7.20. The van der Waals surface area contributed by atoms with E-state index in [4.69, 9.17) is 19.4 Å². The lowest BCUT2D eigenvalue weighted by molar-refractivity contribution is 0.669. The third kappa shape index (κ3) is 3.98. The summed E-state index contributed by atoms with van der Waals surface area (Å²) in [7, 11) is 0. The number of rotatable bonds is 4. The van der Waals surface area contributed by atoms with E-state index in [1.807, 2.05) is 42.5 Å². The van der Waals surface area contributed by atoms with Crippen LogP contribution < -0.4 is 0 Å². The first-order chi connectivity index (χ1) is 23.3. The van der Waals surface area contributed by atoms with Gasteiger partial charge < -0.3 is 4.42 Å². The molecule has 0 bridgehead atoms. The van der Waals surface area contributed by atoms with Gasteiger partial charge >= 0.3 is 0 Å². The van der Waals surface area contributed by atoms with Crippen LogP contribution in [0.2, 0.25) is 0 Å². The number of fused-ring (bicyclic) bond motifs is 6. The van der Waals surface area contributed by atoms with Gasteiger partial charge in [-0.1, -0.05) is 127 Å². The van der Waals surface area contributed by atoms with Crippen LogP contribution in [0.3, 0.4) is 0 Å². The first-order valence-electron chi connectivity index (χ1n) is 15.8. The number of aromatic nitrogens is 3. The fourth-order valence-corrected chi connectivity index (χ4v) is 7.20. The van der Waals surface area contributed by atoms with Gasteiger partial charge in [-0.3, -0.25) is 0 Å². The molecule has 1 aliphatic carbocycles. The smallest absolute Gasteiger partial charge is 0.164 e. The van der Waals surface area contributed by atoms with Crippen LogP contribution >= 0.6 is 0 Å². The highest BCUT2D eigenvalue weighted by atomic mass is 16.3. The summed E-state index contributed by atoms with van der Waals surface area (Å²) < 4.78 is 6.27. The molecule has 0 spiro atoms. The topological polar surface area (TPSA) is 51.8 Å². The molecule has 0 saturated carbocycles. The molecule has 2 heterocycles. The number of para-hydroxylation sites is 1. The zero-order valence-corrected chi connectivity index (χ0v) is 25.2. The summed E-state index contributed by atoms with van der Waals surface area (Å²) >= 11 is 0. The Morgan fingerprint density at radius 3 is 1.79 bits per heavy atom. The van der Waals surface area contributed by atoms with Crippen molar-refractivity contribution in [3.63, 3.8) is 0 Å². The summed E-state index contributed by atoms with van der Waals surface area (Å²) in [5.74, 6) is 1.86. The van der Waals surface area contributed by atoms with Crippen LogP contribution in [-0.2, 0) is 0 Å². The maximum absolute atomic E-state index is 6.27. The lowest BCUT2D eigenvalue weighted by atomic mass is 9.98. The van der Waals surface area contributed by atoms with Gasteiger partial charge in [0.15, 0.2) is 17.5 Å². The van der Waals surface area contributed by atoms with Crippen LogP contribution in [0.15, 0.2) is 156 Å². The molecule has 9 aromatic rings. The van der Waals surface area contributed by atoms with Crippen LogP contribution in [0.1, 0.15) is 0 Å². The Hall–Kier alpha value is -6.39.